The lowest BCUT2D eigenvalue weighted by atomic mass is 10.1. The van der Waals surface area contributed by atoms with Crippen molar-refractivity contribution in [2.24, 2.45) is 0 Å². The van der Waals surface area contributed by atoms with Gasteiger partial charge in [0.15, 0.2) is 0 Å². The summed E-state index contributed by atoms with van der Waals surface area (Å²) >= 11 is 12.2. The summed E-state index contributed by atoms with van der Waals surface area (Å²) < 4.78 is 7.48. The van der Waals surface area contributed by atoms with Gasteiger partial charge in [0.05, 0.1) is 26.6 Å². The maximum absolute atomic E-state index is 13.4. The minimum Gasteiger partial charge on any atom is -0.450 e. The number of nitrogens with zero attached hydrogens (tertiary/aromatic N) is 4. The fraction of sp³-hybridized carbons (Fsp3) is 0.0690. The van der Waals surface area contributed by atoms with Crippen molar-refractivity contribution >= 4 is 64.2 Å². The molecule has 4 amide bonds. The molecule has 0 atom stereocenters. The molecule has 3 aromatic carbocycles. The Labute approximate surface area is 258 Å². The second-order valence-corrected chi connectivity index (χ2v) is 10.3. The first-order valence-electron chi connectivity index (χ1n) is 12.6. The molecule has 0 aliphatic carbocycles. The van der Waals surface area contributed by atoms with E-state index in [4.69, 9.17) is 27.9 Å². The summed E-state index contributed by atoms with van der Waals surface area (Å²) in [5, 5.41) is 24.9. The number of nitro benzene ring substituents is 2. The SMILES string of the molecule is Cc1cc(/C=C2\C(=O)NC(=O)N(c3ccc(Cl)cc3Cl)C2=O)c(C)n1-c1ccc(Oc2ccc([N+](=O)[O-])cc2[N+](=O)[O-])cc1. The number of nitro groups is 2. The van der Waals surface area contributed by atoms with Crippen LogP contribution in [0.1, 0.15) is 17.0 Å². The number of barbiturate groups is 1. The molecule has 222 valence electrons. The second kappa shape index (κ2) is 11.6. The lowest BCUT2D eigenvalue weighted by Crippen LogP contribution is -2.54. The third-order valence-corrected chi connectivity index (χ3v) is 7.23. The topological polar surface area (TPSA) is 167 Å². The molecular weight excluding hydrogens is 617 g/mol. The van der Waals surface area contributed by atoms with E-state index in [2.05, 4.69) is 5.32 Å². The van der Waals surface area contributed by atoms with Gasteiger partial charge in [0.1, 0.15) is 11.3 Å². The summed E-state index contributed by atoms with van der Waals surface area (Å²) in [7, 11) is 0. The van der Waals surface area contributed by atoms with Crippen LogP contribution < -0.4 is 15.0 Å². The van der Waals surface area contributed by atoms with E-state index in [1.165, 1.54) is 24.3 Å². The number of nitrogens with one attached hydrogen (secondary N) is 1. The average Bonchev–Trinajstić information content (AvgIpc) is 3.24. The van der Waals surface area contributed by atoms with Crippen LogP contribution in [0.3, 0.4) is 0 Å². The van der Waals surface area contributed by atoms with Gasteiger partial charge in [0, 0.05) is 28.2 Å². The van der Waals surface area contributed by atoms with Crippen molar-refractivity contribution in [3.05, 3.63) is 120 Å². The highest BCUT2D eigenvalue weighted by Gasteiger charge is 2.38. The third-order valence-electron chi connectivity index (χ3n) is 6.70. The molecule has 1 aliphatic heterocycles. The summed E-state index contributed by atoms with van der Waals surface area (Å²) in [5.41, 5.74) is 1.36. The number of carbonyl (C=O) groups excluding carboxylic acids is 3. The molecule has 44 heavy (non-hydrogen) atoms. The molecule has 0 spiro atoms. The number of benzene rings is 3. The molecule has 0 unspecified atom stereocenters. The number of halogens is 2. The summed E-state index contributed by atoms with van der Waals surface area (Å²) in [5.74, 6) is -1.66. The van der Waals surface area contributed by atoms with Crippen molar-refractivity contribution < 1.29 is 29.0 Å². The van der Waals surface area contributed by atoms with Gasteiger partial charge in [-0.2, -0.15) is 0 Å². The molecule has 5 rings (SSSR count). The van der Waals surface area contributed by atoms with E-state index in [0.29, 0.717) is 22.0 Å². The van der Waals surface area contributed by atoms with E-state index in [9.17, 15) is 34.6 Å². The second-order valence-electron chi connectivity index (χ2n) is 9.48. The smallest absolute Gasteiger partial charge is 0.335 e. The fourth-order valence-corrected chi connectivity index (χ4v) is 5.16. The van der Waals surface area contributed by atoms with Crippen LogP contribution >= 0.6 is 23.2 Å². The number of amides is 4. The minimum absolute atomic E-state index is 0.0449. The van der Waals surface area contributed by atoms with Crippen molar-refractivity contribution in [1.82, 2.24) is 9.88 Å². The number of non-ortho nitro benzene ring substituents is 1. The van der Waals surface area contributed by atoms with Crippen molar-refractivity contribution in [1.29, 1.82) is 0 Å². The number of hydrogen-bond acceptors (Lipinski definition) is 8. The number of anilines is 1. The van der Waals surface area contributed by atoms with Crippen LogP contribution in [-0.2, 0) is 9.59 Å². The van der Waals surface area contributed by atoms with Gasteiger partial charge in [-0.1, -0.05) is 23.2 Å². The fourth-order valence-electron chi connectivity index (χ4n) is 4.66. The Balaban J connectivity index is 1.44. The normalized spacial score (nSPS) is 14.1. The highest BCUT2D eigenvalue weighted by molar-refractivity contribution is 6.42. The number of carbonyl (C=O) groups is 3. The van der Waals surface area contributed by atoms with Gasteiger partial charge >= 0.3 is 11.7 Å². The molecule has 1 fully saturated rings. The zero-order valence-electron chi connectivity index (χ0n) is 22.7. The van der Waals surface area contributed by atoms with Gasteiger partial charge < -0.3 is 9.30 Å². The van der Waals surface area contributed by atoms with Crippen molar-refractivity contribution in [3.63, 3.8) is 0 Å². The van der Waals surface area contributed by atoms with Crippen LogP contribution in [0.4, 0.5) is 21.9 Å². The number of rotatable bonds is 7. The van der Waals surface area contributed by atoms with Gasteiger partial charge in [-0.3, -0.25) is 35.1 Å². The first-order chi connectivity index (χ1) is 20.8. The average molecular weight is 636 g/mol. The predicted octanol–water partition coefficient (Wildman–Crippen LogP) is 6.68. The van der Waals surface area contributed by atoms with E-state index in [0.717, 1.165) is 28.8 Å². The highest BCUT2D eigenvalue weighted by Crippen LogP contribution is 2.35. The monoisotopic (exact) mass is 635 g/mol. The van der Waals surface area contributed by atoms with Gasteiger partial charge in [-0.05, 0) is 80.1 Å². The quantitative estimate of drug-likeness (QED) is 0.102. The number of urea groups is 1. The van der Waals surface area contributed by atoms with E-state index in [1.54, 1.807) is 37.3 Å². The molecule has 0 saturated carbocycles. The minimum atomic E-state index is -0.951. The molecular formula is C29H19Cl2N5O8. The van der Waals surface area contributed by atoms with Gasteiger partial charge in [-0.25, -0.2) is 9.69 Å². The first-order valence-corrected chi connectivity index (χ1v) is 13.4. The van der Waals surface area contributed by atoms with Crippen LogP contribution in [0.2, 0.25) is 10.0 Å². The maximum atomic E-state index is 13.4. The predicted molar refractivity (Wildman–Crippen MR) is 161 cm³/mol. The zero-order valence-corrected chi connectivity index (χ0v) is 24.3. The largest absolute Gasteiger partial charge is 0.450 e. The standard InChI is InChI=1S/C29H19Cl2N5O8/c1-15-11-17(12-22-27(37)32-29(39)34(28(22)38)24-9-3-18(30)13-23(24)31)16(2)33(15)19-4-7-21(8-5-19)44-26-10-6-20(35(40)41)14-25(26)36(42)43/h3-14H,1-2H3,(H,32,37,39)/b22-12+. The van der Waals surface area contributed by atoms with Crippen LogP contribution in [0, 0.1) is 34.1 Å². The van der Waals surface area contributed by atoms with Crippen LogP contribution in [0.15, 0.2) is 72.3 Å². The molecule has 0 bridgehead atoms. The number of aryl methyl sites for hydroxylation is 1. The van der Waals surface area contributed by atoms with Gasteiger partial charge in [0.25, 0.3) is 17.5 Å². The first kappa shape index (κ1) is 29.9. The van der Waals surface area contributed by atoms with Crippen molar-refractivity contribution in [2.45, 2.75) is 13.8 Å². The molecule has 13 nitrogen and oxygen atoms in total. The van der Waals surface area contributed by atoms with E-state index in [-0.39, 0.29) is 27.8 Å². The summed E-state index contributed by atoms with van der Waals surface area (Å²) in [6, 6.07) is 14.6. The van der Waals surface area contributed by atoms with Crippen LogP contribution in [0.25, 0.3) is 11.8 Å². The lowest BCUT2D eigenvalue weighted by molar-refractivity contribution is -0.394. The van der Waals surface area contributed by atoms with Crippen molar-refractivity contribution in [3.8, 4) is 17.2 Å². The van der Waals surface area contributed by atoms with E-state index < -0.39 is 39.1 Å². The van der Waals surface area contributed by atoms with Crippen molar-refractivity contribution in [2.75, 3.05) is 4.90 Å². The number of hydrogen-bond donors (Lipinski definition) is 1. The molecule has 1 aromatic heterocycles. The summed E-state index contributed by atoms with van der Waals surface area (Å²) in [6.07, 6.45) is 1.38. The third kappa shape index (κ3) is 5.61. The molecule has 4 aromatic rings. The molecule has 15 heteroatoms. The Morgan fingerprint density at radius 3 is 2.23 bits per heavy atom. The summed E-state index contributed by atoms with van der Waals surface area (Å²) in [6.45, 7) is 3.58. The lowest BCUT2D eigenvalue weighted by Gasteiger charge is -2.27. The van der Waals surface area contributed by atoms with Crippen LogP contribution in [0.5, 0.6) is 11.5 Å². The molecule has 2 heterocycles. The molecule has 1 saturated heterocycles. The number of aromatic nitrogens is 1. The Kier molecular flexibility index (Phi) is 7.91. The van der Waals surface area contributed by atoms with Gasteiger partial charge in [0.2, 0.25) is 5.75 Å². The Morgan fingerprint density at radius 1 is 0.886 bits per heavy atom. The zero-order chi connectivity index (χ0) is 31.9. The Hall–Kier alpha value is -5.53. The summed E-state index contributed by atoms with van der Waals surface area (Å²) in [4.78, 5) is 60.3. The molecule has 1 aliphatic rings. The molecule has 1 N–H and O–H groups in total. The van der Waals surface area contributed by atoms with E-state index in [1.807, 2.05) is 11.5 Å². The highest BCUT2D eigenvalue weighted by atomic mass is 35.5. The Morgan fingerprint density at radius 2 is 1.59 bits per heavy atom. The number of imide groups is 2. The number of ether oxygens (including phenoxy) is 1. The van der Waals surface area contributed by atoms with E-state index >= 15 is 0 Å². The van der Waals surface area contributed by atoms with Crippen LogP contribution in [-0.4, -0.2) is 32.3 Å². The molecule has 0 radical (unpaired) electrons. The Bertz CT molecular complexity index is 1930. The van der Waals surface area contributed by atoms with Gasteiger partial charge in [-0.15, -0.1) is 0 Å². The maximum Gasteiger partial charge on any atom is 0.335 e.